The van der Waals surface area contributed by atoms with E-state index in [1.54, 1.807) is 0 Å². The molecule has 0 radical (unpaired) electrons. The van der Waals surface area contributed by atoms with Crippen LogP contribution in [0.15, 0.2) is 24.3 Å². The van der Waals surface area contributed by atoms with Crippen LogP contribution in [0.5, 0.6) is 0 Å². The first-order valence-electron chi connectivity index (χ1n) is 2.86. The van der Waals surface area contributed by atoms with E-state index >= 15 is 0 Å². The molecular weight excluding hydrogens is 171 g/mol. The summed E-state index contributed by atoms with van der Waals surface area (Å²) in [4.78, 5) is 0. The van der Waals surface area contributed by atoms with E-state index in [1.165, 1.54) is 9.91 Å². The van der Waals surface area contributed by atoms with Gasteiger partial charge in [0, 0.05) is 0 Å². The Morgan fingerprint density at radius 3 is 2.22 bits per heavy atom. The maximum atomic E-state index is 3.88. The van der Waals surface area contributed by atoms with Gasteiger partial charge < -0.3 is 0 Å². The zero-order valence-electron chi connectivity index (χ0n) is 5.46. The fraction of sp³-hybridized carbons (Fsp3) is 0.125. The van der Waals surface area contributed by atoms with Crippen molar-refractivity contribution in [2.75, 3.05) is 0 Å². The molecule has 46 valence electrons. The molecule has 0 saturated heterocycles. The monoisotopic (exact) mass is 180 g/mol. The molecule has 0 atom stereocenters. The molecule has 1 aromatic rings. The normalized spacial score (nSPS) is 9.89. The van der Waals surface area contributed by atoms with Crippen molar-refractivity contribution >= 4 is 25.0 Å². The molecule has 0 nitrogen and oxygen atoms in total. The zero-order chi connectivity index (χ0) is 6.69. The molecule has 1 rings (SSSR count). The summed E-state index contributed by atoms with van der Waals surface area (Å²) in [7, 11) is 0. The Hall–Kier alpha value is -0.352. The number of aryl methyl sites for hydroxylation is 1. The van der Waals surface area contributed by atoms with Gasteiger partial charge in [0.2, 0.25) is 0 Å². The number of benzene rings is 1. The van der Waals surface area contributed by atoms with Gasteiger partial charge in [0.1, 0.15) is 0 Å². The third kappa shape index (κ3) is 1.80. The summed E-state index contributed by atoms with van der Waals surface area (Å²) in [5.74, 6) is 0. The van der Waals surface area contributed by atoms with Gasteiger partial charge in [0.15, 0.2) is 0 Å². The van der Waals surface area contributed by atoms with Crippen LogP contribution in [0.4, 0.5) is 0 Å². The Morgan fingerprint density at radius 1 is 1.22 bits per heavy atom. The second-order valence-electron chi connectivity index (χ2n) is 1.99. The third-order valence-corrected chi connectivity index (χ3v) is 2.61. The quantitative estimate of drug-likeness (QED) is 0.559. The van der Waals surface area contributed by atoms with Crippen LogP contribution in [-0.4, -0.2) is 20.6 Å². The van der Waals surface area contributed by atoms with Gasteiger partial charge in [-0.2, -0.15) is 0 Å². The standard InChI is InChI=1S/C8H9As/c1-7-3-5-8(9-2)6-4-7/h3-6H,2H2,1H3. The van der Waals surface area contributed by atoms with Gasteiger partial charge in [-0.05, 0) is 0 Å². The zero-order valence-corrected chi connectivity index (χ0v) is 7.34. The molecule has 0 heterocycles. The average molecular weight is 180 g/mol. The van der Waals surface area contributed by atoms with Gasteiger partial charge >= 0.3 is 61.7 Å². The van der Waals surface area contributed by atoms with Gasteiger partial charge in [0.25, 0.3) is 0 Å². The molecule has 0 spiro atoms. The van der Waals surface area contributed by atoms with Gasteiger partial charge in [0.05, 0.1) is 0 Å². The summed E-state index contributed by atoms with van der Waals surface area (Å²) in [6, 6.07) is 8.58. The molecule has 0 unspecified atom stereocenters. The van der Waals surface area contributed by atoms with Gasteiger partial charge in [-0.25, -0.2) is 0 Å². The average Bonchev–Trinajstić information content (AvgIpc) is 1.90. The predicted octanol–water partition coefficient (Wildman–Crippen LogP) is 0.757. The van der Waals surface area contributed by atoms with Gasteiger partial charge in [-0.1, -0.05) is 0 Å². The minimum absolute atomic E-state index is 0.171. The molecule has 0 bridgehead atoms. The van der Waals surface area contributed by atoms with Crippen LogP contribution in [-0.2, 0) is 0 Å². The Kier molecular flexibility index (Phi) is 2.24. The van der Waals surface area contributed by atoms with E-state index in [2.05, 4.69) is 36.5 Å². The molecule has 9 heavy (non-hydrogen) atoms. The van der Waals surface area contributed by atoms with Crippen LogP contribution in [0.2, 0.25) is 0 Å². The van der Waals surface area contributed by atoms with E-state index in [0.717, 1.165) is 0 Å². The molecule has 0 aliphatic heterocycles. The van der Waals surface area contributed by atoms with Crippen LogP contribution < -0.4 is 4.35 Å². The third-order valence-electron chi connectivity index (χ3n) is 1.22. The Balaban J connectivity index is 3.01. The van der Waals surface area contributed by atoms with E-state index < -0.39 is 0 Å². The van der Waals surface area contributed by atoms with E-state index in [1.807, 2.05) is 0 Å². The van der Waals surface area contributed by atoms with E-state index in [-0.39, 0.29) is 15.3 Å². The summed E-state index contributed by atoms with van der Waals surface area (Å²) in [6.07, 6.45) is 0. The molecule has 0 fully saturated rings. The van der Waals surface area contributed by atoms with Crippen LogP contribution in [0.1, 0.15) is 5.56 Å². The molecule has 0 saturated carbocycles. The number of hydrogen-bond donors (Lipinski definition) is 0. The fourth-order valence-electron chi connectivity index (χ4n) is 0.650. The first-order valence-corrected chi connectivity index (χ1v) is 5.13. The molecule has 0 aliphatic rings. The molecule has 0 amide bonds. The second-order valence-corrected chi connectivity index (χ2v) is 3.74. The van der Waals surface area contributed by atoms with Crippen molar-refractivity contribution in [2.45, 2.75) is 6.92 Å². The van der Waals surface area contributed by atoms with Crippen molar-refractivity contribution in [3.8, 4) is 0 Å². The summed E-state index contributed by atoms with van der Waals surface area (Å²) < 4.78 is 1.40. The predicted molar refractivity (Wildman–Crippen MR) is 43.7 cm³/mol. The molecule has 1 aromatic carbocycles. The van der Waals surface area contributed by atoms with Gasteiger partial charge in [-0.3, -0.25) is 0 Å². The minimum atomic E-state index is 0.171. The molecule has 0 aliphatic carbocycles. The molecule has 0 aromatic heterocycles. The van der Waals surface area contributed by atoms with E-state index in [9.17, 15) is 0 Å². The first-order chi connectivity index (χ1) is 4.33. The Bertz CT molecular complexity index is 198. The molecule has 1 heteroatoms. The van der Waals surface area contributed by atoms with Crippen molar-refractivity contribution in [3.05, 3.63) is 29.8 Å². The van der Waals surface area contributed by atoms with E-state index in [4.69, 9.17) is 0 Å². The summed E-state index contributed by atoms with van der Waals surface area (Å²) in [5, 5.41) is 3.88. The summed E-state index contributed by atoms with van der Waals surface area (Å²) in [6.45, 7) is 2.10. The SMILES string of the molecule is C=[As]c1ccc(C)cc1. The first kappa shape index (κ1) is 6.76. The van der Waals surface area contributed by atoms with Gasteiger partial charge in [-0.15, -0.1) is 0 Å². The Morgan fingerprint density at radius 2 is 1.78 bits per heavy atom. The fourth-order valence-corrected chi connectivity index (χ4v) is 1.41. The Labute approximate surface area is 62.1 Å². The number of rotatable bonds is 1. The maximum absolute atomic E-state index is 3.88. The van der Waals surface area contributed by atoms with Crippen LogP contribution in [0.3, 0.4) is 0 Å². The van der Waals surface area contributed by atoms with Crippen molar-refractivity contribution in [2.24, 2.45) is 0 Å². The van der Waals surface area contributed by atoms with Crippen molar-refractivity contribution < 1.29 is 0 Å². The van der Waals surface area contributed by atoms with Crippen LogP contribution in [0, 0.1) is 6.92 Å². The molecule has 0 N–H and O–H groups in total. The molecular formula is C8H9As. The van der Waals surface area contributed by atoms with Crippen molar-refractivity contribution in [3.63, 3.8) is 0 Å². The second kappa shape index (κ2) is 2.98. The summed E-state index contributed by atoms with van der Waals surface area (Å²) in [5.41, 5.74) is 1.33. The van der Waals surface area contributed by atoms with E-state index in [0.29, 0.717) is 0 Å². The number of hydrogen-bond acceptors (Lipinski definition) is 0. The summed E-state index contributed by atoms with van der Waals surface area (Å²) >= 11 is 0.171. The van der Waals surface area contributed by atoms with Crippen LogP contribution in [0.25, 0.3) is 0 Å². The topological polar surface area (TPSA) is 0 Å². The van der Waals surface area contributed by atoms with Crippen molar-refractivity contribution in [1.29, 1.82) is 0 Å². The van der Waals surface area contributed by atoms with Crippen molar-refractivity contribution in [1.82, 2.24) is 0 Å². The van der Waals surface area contributed by atoms with Crippen LogP contribution >= 0.6 is 0 Å².